The zero-order valence-corrected chi connectivity index (χ0v) is 8.08. The predicted octanol–water partition coefficient (Wildman–Crippen LogP) is 2.20. The molecular weight excluding hydrogens is 163 g/mol. The van der Waals surface area contributed by atoms with Crippen LogP contribution >= 0.6 is 0 Å². The molecule has 2 aliphatic rings. The molecule has 1 saturated carbocycles. The van der Waals surface area contributed by atoms with Gasteiger partial charge in [0.2, 0.25) is 0 Å². The van der Waals surface area contributed by atoms with Gasteiger partial charge in [-0.2, -0.15) is 0 Å². The number of hydrogen-bond acceptors (Lipinski definition) is 2. The summed E-state index contributed by atoms with van der Waals surface area (Å²) < 4.78 is 10.7. The fourth-order valence-electron chi connectivity index (χ4n) is 2.06. The van der Waals surface area contributed by atoms with Crippen molar-refractivity contribution in [3.8, 4) is 0 Å². The summed E-state index contributed by atoms with van der Waals surface area (Å²) in [5.41, 5.74) is 0. The van der Waals surface area contributed by atoms with Crippen molar-refractivity contribution in [3.05, 3.63) is 12.1 Å². The van der Waals surface area contributed by atoms with E-state index in [1.807, 2.05) is 0 Å². The van der Waals surface area contributed by atoms with Crippen molar-refractivity contribution < 1.29 is 9.31 Å². The van der Waals surface area contributed by atoms with Gasteiger partial charge < -0.3 is 9.31 Å². The van der Waals surface area contributed by atoms with Gasteiger partial charge in [-0.15, -0.1) is 0 Å². The van der Waals surface area contributed by atoms with Crippen molar-refractivity contribution in [1.82, 2.24) is 0 Å². The van der Waals surface area contributed by atoms with Crippen molar-refractivity contribution in [3.63, 3.8) is 0 Å². The first-order valence-electron chi connectivity index (χ1n) is 5.37. The normalized spacial score (nSPS) is 26.0. The Hall–Kier alpha value is -0.275. The van der Waals surface area contributed by atoms with Crippen LogP contribution in [-0.4, -0.2) is 20.3 Å². The van der Waals surface area contributed by atoms with Gasteiger partial charge in [-0.3, -0.25) is 0 Å². The van der Waals surface area contributed by atoms with Crippen LogP contribution in [0.15, 0.2) is 12.1 Å². The van der Waals surface area contributed by atoms with E-state index >= 15 is 0 Å². The van der Waals surface area contributed by atoms with Crippen molar-refractivity contribution >= 4 is 7.12 Å². The van der Waals surface area contributed by atoms with Gasteiger partial charge in [0.1, 0.15) is 0 Å². The molecule has 0 radical (unpaired) electrons. The topological polar surface area (TPSA) is 18.5 Å². The highest BCUT2D eigenvalue weighted by molar-refractivity contribution is 6.51. The number of hydrogen-bond donors (Lipinski definition) is 0. The van der Waals surface area contributed by atoms with Crippen LogP contribution in [0.5, 0.6) is 0 Å². The molecule has 1 heterocycles. The van der Waals surface area contributed by atoms with E-state index in [-0.39, 0.29) is 7.12 Å². The Morgan fingerprint density at radius 2 is 1.69 bits per heavy atom. The van der Waals surface area contributed by atoms with E-state index in [0.29, 0.717) is 0 Å². The maximum absolute atomic E-state index is 5.33. The largest absolute Gasteiger partial charge is 0.485 e. The van der Waals surface area contributed by atoms with Crippen molar-refractivity contribution in [2.45, 2.75) is 32.1 Å². The summed E-state index contributed by atoms with van der Waals surface area (Å²) in [6.45, 7) is 1.50. The Morgan fingerprint density at radius 3 is 2.38 bits per heavy atom. The molecule has 0 amide bonds. The maximum atomic E-state index is 5.33. The first-order valence-corrected chi connectivity index (χ1v) is 5.37. The summed E-state index contributed by atoms with van der Waals surface area (Å²) in [6, 6.07) is 0. The number of allylic oxidation sites excluding steroid dienone is 1. The first-order chi connectivity index (χ1) is 6.45. The quantitative estimate of drug-likeness (QED) is 0.606. The van der Waals surface area contributed by atoms with E-state index in [4.69, 9.17) is 9.31 Å². The number of rotatable bonds is 2. The molecule has 0 N–H and O–H groups in total. The third kappa shape index (κ3) is 2.85. The predicted molar refractivity (Wildman–Crippen MR) is 53.4 cm³/mol. The Labute approximate surface area is 80.4 Å². The molecule has 2 rings (SSSR count). The summed E-state index contributed by atoms with van der Waals surface area (Å²) in [6.07, 6.45) is 9.19. The van der Waals surface area contributed by atoms with Crippen molar-refractivity contribution in [2.75, 3.05) is 13.2 Å². The van der Waals surface area contributed by atoms with Gasteiger partial charge in [-0.05, 0) is 18.8 Å². The maximum Gasteiger partial charge on any atom is 0.485 e. The van der Waals surface area contributed by atoms with E-state index in [9.17, 15) is 0 Å². The minimum Gasteiger partial charge on any atom is -0.405 e. The third-order valence-electron chi connectivity index (χ3n) is 2.84. The van der Waals surface area contributed by atoms with E-state index < -0.39 is 0 Å². The summed E-state index contributed by atoms with van der Waals surface area (Å²) in [5, 5.41) is 0. The van der Waals surface area contributed by atoms with Gasteiger partial charge >= 0.3 is 7.12 Å². The monoisotopic (exact) mass is 180 g/mol. The molecule has 0 unspecified atom stereocenters. The molecule has 2 fully saturated rings. The summed E-state index contributed by atoms with van der Waals surface area (Å²) in [7, 11) is -0.0538. The minimum absolute atomic E-state index is 0.0538. The summed E-state index contributed by atoms with van der Waals surface area (Å²) >= 11 is 0. The van der Waals surface area contributed by atoms with E-state index in [1.54, 1.807) is 0 Å². The van der Waals surface area contributed by atoms with Crippen LogP contribution < -0.4 is 0 Å². The molecule has 1 aliphatic carbocycles. The zero-order valence-electron chi connectivity index (χ0n) is 8.08. The van der Waals surface area contributed by atoms with Crippen LogP contribution in [0.1, 0.15) is 32.1 Å². The van der Waals surface area contributed by atoms with Gasteiger partial charge in [-0.1, -0.05) is 31.3 Å². The van der Waals surface area contributed by atoms with Gasteiger partial charge in [0.05, 0.1) is 13.2 Å². The molecule has 13 heavy (non-hydrogen) atoms. The second-order valence-corrected chi connectivity index (χ2v) is 3.89. The van der Waals surface area contributed by atoms with Crippen molar-refractivity contribution in [2.24, 2.45) is 5.92 Å². The van der Waals surface area contributed by atoms with Gasteiger partial charge in [0.25, 0.3) is 0 Å². The van der Waals surface area contributed by atoms with Crippen LogP contribution in [0.3, 0.4) is 0 Å². The molecular formula is C10H17BO2. The highest BCUT2D eigenvalue weighted by Gasteiger charge is 2.20. The van der Waals surface area contributed by atoms with Gasteiger partial charge in [0, 0.05) is 0 Å². The molecule has 0 aromatic rings. The molecule has 1 saturated heterocycles. The molecule has 2 nitrogen and oxygen atoms in total. The van der Waals surface area contributed by atoms with Gasteiger partial charge in [-0.25, -0.2) is 0 Å². The fourth-order valence-corrected chi connectivity index (χ4v) is 2.06. The average Bonchev–Trinajstić information content (AvgIpc) is 2.69. The molecule has 0 aromatic heterocycles. The van der Waals surface area contributed by atoms with E-state index in [0.717, 1.165) is 19.1 Å². The smallest absolute Gasteiger partial charge is 0.405 e. The Kier molecular flexibility index (Phi) is 3.44. The standard InChI is InChI=1S/C10H17BO2/c1-2-4-10(5-3-1)6-7-11-12-8-9-13-11/h6-7,10H,1-5,8-9H2/b7-6-. The highest BCUT2D eigenvalue weighted by Crippen LogP contribution is 2.24. The molecule has 0 aromatic carbocycles. The summed E-state index contributed by atoms with van der Waals surface area (Å²) in [5.74, 6) is 2.87. The molecule has 0 spiro atoms. The SMILES string of the molecule is C(=C/C1CCCCC1)/B1OCCO1. The second-order valence-electron chi connectivity index (χ2n) is 3.89. The lowest BCUT2D eigenvalue weighted by atomic mass is 9.83. The van der Waals surface area contributed by atoms with E-state index in [2.05, 4.69) is 12.1 Å². The Balaban J connectivity index is 1.74. The van der Waals surface area contributed by atoms with E-state index in [1.165, 1.54) is 32.1 Å². The lowest BCUT2D eigenvalue weighted by Crippen LogP contribution is -2.11. The van der Waals surface area contributed by atoms with Crippen LogP contribution in [0.2, 0.25) is 0 Å². The lowest BCUT2D eigenvalue weighted by molar-refractivity contribution is 0.365. The van der Waals surface area contributed by atoms with Crippen LogP contribution in [0.25, 0.3) is 0 Å². The first kappa shape index (κ1) is 9.29. The summed E-state index contributed by atoms with van der Waals surface area (Å²) in [4.78, 5) is 0. The molecule has 3 heteroatoms. The minimum atomic E-state index is -0.0538. The second kappa shape index (κ2) is 4.82. The lowest BCUT2D eigenvalue weighted by Gasteiger charge is -2.17. The average molecular weight is 180 g/mol. The van der Waals surface area contributed by atoms with Crippen LogP contribution in [0.4, 0.5) is 0 Å². The highest BCUT2D eigenvalue weighted by atomic mass is 16.6. The molecule has 1 aliphatic heterocycles. The van der Waals surface area contributed by atoms with Gasteiger partial charge in [0.15, 0.2) is 0 Å². The fraction of sp³-hybridized carbons (Fsp3) is 0.800. The zero-order chi connectivity index (χ0) is 8.93. The molecule has 72 valence electrons. The third-order valence-corrected chi connectivity index (χ3v) is 2.84. The molecule has 0 atom stereocenters. The Morgan fingerprint density at radius 1 is 1.00 bits per heavy atom. The van der Waals surface area contributed by atoms with Crippen LogP contribution in [0, 0.1) is 5.92 Å². The molecule has 0 bridgehead atoms. The Bertz CT molecular complexity index is 170. The van der Waals surface area contributed by atoms with Crippen LogP contribution in [-0.2, 0) is 9.31 Å². The van der Waals surface area contributed by atoms with Crippen molar-refractivity contribution in [1.29, 1.82) is 0 Å².